The molecule has 0 bridgehead atoms. The second-order valence-electron chi connectivity index (χ2n) is 4.16. The molecule has 0 aliphatic rings. The van der Waals surface area contributed by atoms with Gasteiger partial charge in [-0.15, -0.1) is 0 Å². The Bertz CT molecular complexity index is 685. The summed E-state index contributed by atoms with van der Waals surface area (Å²) < 4.78 is 52.4. The summed E-state index contributed by atoms with van der Waals surface area (Å²) >= 11 is 0. The van der Waals surface area contributed by atoms with E-state index >= 15 is 0 Å². The molecule has 0 spiro atoms. The molecule has 1 N–H and O–H groups in total. The first kappa shape index (κ1) is 14.0. The van der Waals surface area contributed by atoms with Gasteiger partial charge in [-0.3, -0.25) is 4.79 Å². The summed E-state index contributed by atoms with van der Waals surface area (Å²) in [5.74, 6) is -5.19. The summed E-state index contributed by atoms with van der Waals surface area (Å²) in [5.41, 5.74) is -0.229. The zero-order chi connectivity index (χ0) is 14.9. The molecule has 0 fully saturated rings. The van der Waals surface area contributed by atoms with Gasteiger partial charge in [-0.2, -0.15) is 0 Å². The topological polar surface area (TPSA) is 29.1 Å². The molecule has 0 saturated carbocycles. The van der Waals surface area contributed by atoms with Gasteiger partial charge in [0.15, 0.2) is 11.6 Å². The minimum Gasteiger partial charge on any atom is -0.319 e. The van der Waals surface area contributed by atoms with Crippen molar-refractivity contribution in [1.82, 2.24) is 0 Å². The number of amides is 1. The van der Waals surface area contributed by atoms with Crippen LogP contribution < -0.4 is 5.32 Å². The van der Waals surface area contributed by atoms with Gasteiger partial charge in [-0.05, 0) is 24.6 Å². The fourth-order valence-corrected chi connectivity index (χ4v) is 1.55. The summed E-state index contributed by atoms with van der Waals surface area (Å²) in [5, 5.41) is 2.05. The van der Waals surface area contributed by atoms with Gasteiger partial charge in [0.05, 0.1) is 5.69 Å². The SMILES string of the molecule is Cc1ccc(C(=O)Nc2cc(F)c(F)cc2F)cc1F. The fourth-order valence-electron chi connectivity index (χ4n) is 1.55. The molecule has 1 amide bonds. The molecule has 104 valence electrons. The van der Waals surface area contributed by atoms with Crippen molar-refractivity contribution in [1.29, 1.82) is 0 Å². The Labute approximate surface area is 112 Å². The highest BCUT2D eigenvalue weighted by Gasteiger charge is 2.14. The number of hydrogen-bond donors (Lipinski definition) is 1. The van der Waals surface area contributed by atoms with E-state index in [1.54, 1.807) is 0 Å². The minimum atomic E-state index is -1.36. The van der Waals surface area contributed by atoms with Crippen LogP contribution in [0.2, 0.25) is 0 Å². The Hall–Kier alpha value is -2.37. The van der Waals surface area contributed by atoms with Gasteiger partial charge in [0.25, 0.3) is 5.91 Å². The maximum absolute atomic E-state index is 13.4. The van der Waals surface area contributed by atoms with E-state index in [1.165, 1.54) is 19.1 Å². The predicted octanol–water partition coefficient (Wildman–Crippen LogP) is 3.80. The number of anilines is 1. The Morgan fingerprint density at radius 1 is 0.900 bits per heavy atom. The second kappa shape index (κ2) is 5.32. The van der Waals surface area contributed by atoms with Crippen LogP contribution in [0.1, 0.15) is 15.9 Å². The van der Waals surface area contributed by atoms with E-state index in [0.29, 0.717) is 17.7 Å². The smallest absolute Gasteiger partial charge is 0.255 e. The number of carbonyl (C=O) groups excluding carboxylic acids is 1. The van der Waals surface area contributed by atoms with Gasteiger partial charge in [0.2, 0.25) is 0 Å². The highest BCUT2D eigenvalue weighted by Crippen LogP contribution is 2.19. The summed E-state index contributed by atoms with van der Waals surface area (Å²) in [6.07, 6.45) is 0. The maximum atomic E-state index is 13.4. The van der Waals surface area contributed by atoms with Crippen LogP contribution in [0.15, 0.2) is 30.3 Å². The molecular formula is C14H9F4NO. The van der Waals surface area contributed by atoms with E-state index in [1.807, 2.05) is 0 Å². The monoisotopic (exact) mass is 283 g/mol. The van der Waals surface area contributed by atoms with Crippen LogP contribution in [0.5, 0.6) is 0 Å². The lowest BCUT2D eigenvalue weighted by Gasteiger charge is -2.07. The van der Waals surface area contributed by atoms with Crippen molar-refractivity contribution in [2.75, 3.05) is 5.32 Å². The van der Waals surface area contributed by atoms with Crippen LogP contribution in [0, 0.1) is 30.2 Å². The van der Waals surface area contributed by atoms with Gasteiger partial charge in [-0.25, -0.2) is 17.6 Å². The average Bonchev–Trinajstić information content (AvgIpc) is 2.39. The number of aryl methyl sites for hydroxylation is 1. The lowest BCUT2D eigenvalue weighted by Crippen LogP contribution is -2.14. The lowest BCUT2D eigenvalue weighted by atomic mass is 10.1. The fraction of sp³-hybridized carbons (Fsp3) is 0.0714. The van der Waals surface area contributed by atoms with Gasteiger partial charge in [0, 0.05) is 17.7 Å². The van der Waals surface area contributed by atoms with E-state index in [-0.39, 0.29) is 5.56 Å². The second-order valence-corrected chi connectivity index (χ2v) is 4.16. The zero-order valence-electron chi connectivity index (χ0n) is 10.3. The van der Waals surface area contributed by atoms with Gasteiger partial charge < -0.3 is 5.32 Å². The van der Waals surface area contributed by atoms with Crippen LogP contribution in [0.3, 0.4) is 0 Å². The quantitative estimate of drug-likeness (QED) is 0.659. The Morgan fingerprint density at radius 2 is 1.55 bits per heavy atom. The van der Waals surface area contributed by atoms with Crippen LogP contribution >= 0.6 is 0 Å². The van der Waals surface area contributed by atoms with Crippen molar-refractivity contribution >= 4 is 11.6 Å². The highest BCUT2D eigenvalue weighted by molar-refractivity contribution is 6.04. The number of benzene rings is 2. The van der Waals surface area contributed by atoms with Crippen molar-refractivity contribution in [2.45, 2.75) is 6.92 Å². The lowest BCUT2D eigenvalue weighted by molar-refractivity contribution is 0.102. The molecule has 2 rings (SSSR count). The molecule has 2 aromatic rings. The Morgan fingerprint density at radius 3 is 2.20 bits per heavy atom. The normalized spacial score (nSPS) is 10.4. The largest absolute Gasteiger partial charge is 0.319 e. The summed E-state index contributed by atoms with van der Waals surface area (Å²) in [7, 11) is 0. The first-order chi connectivity index (χ1) is 9.38. The van der Waals surface area contributed by atoms with Gasteiger partial charge in [0.1, 0.15) is 11.6 Å². The van der Waals surface area contributed by atoms with E-state index in [4.69, 9.17) is 0 Å². The van der Waals surface area contributed by atoms with Crippen molar-refractivity contribution in [3.63, 3.8) is 0 Å². The van der Waals surface area contributed by atoms with Crippen LogP contribution in [0.4, 0.5) is 23.2 Å². The van der Waals surface area contributed by atoms with Crippen LogP contribution in [-0.4, -0.2) is 5.91 Å². The molecule has 2 nitrogen and oxygen atoms in total. The van der Waals surface area contributed by atoms with Crippen LogP contribution in [0.25, 0.3) is 0 Å². The van der Waals surface area contributed by atoms with Gasteiger partial charge in [-0.1, -0.05) is 6.07 Å². The van der Waals surface area contributed by atoms with E-state index in [9.17, 15) is 22.4 Å². The number of carbonyl (C=O) groups is 1. The molecule has 0 heterocycles. The number of halogens is 4. The Balaban J connectivity index is 2.27. The molecule has 0 radical (unpaired) electrons. The highest BCUT2D eigenvalue weighted by atomic mass is 19.2. The molecular weight excluding hydrogens is 274 g/mol. The van der Waals surface area contributed by atoms with Crippen LogP contribution in [-0.2, 0) is 0 Å². The standard InChI is InChI=1S/C14H9F4NO/c1-7-2-3-8(4-9(7)15)14(20)19-13-6-11(17)10(16)5-12(13)18/h2-6H,1H3,(H,19,20). The molecule has 2 aromatic carbocycles. The van der Waals surface area contributed by atoms with E-state index in [0.717, 1.165) is 6.07 Å². The number of hydrogen-bond acceptors (Lipinski definition) is 1. The Kier molecular flexibility index (Phi) is 3.74. The number of rotatable bonds is 2. The molecule has 0 unspecified atom stereocenters. The van der Waals surface area contributed by atoms with Crippen molar-refractivity contribution < 1.29 is 22.4 Å². The molecule has 0 aromatic heterocycles. The van der Waals surface area contributed by atoms with Crippen molar-refractivity contribution in [2.24, 2.45) is 0 Å². The van der Waals surface area contributed by atoms with Crippen molar-refractivity contribution in [3.05, 3.63) is 64.7 Å². The van der Waals surface area contributed by atoms with E-state index in [2.05, 4.69) is 5.32 Å². The molecule has 0 atom stereocenters. The minimum absolute atomic E-state index is 0.0581. The summed E-state index contributed by atoms with van der Waals surface area (Å²) in [6.45, 7) is 1.52. The zero-order valence-corrected chi connectivity index (χ0v) is 10.3. The van der Waals surface area contributed by atoms with Gasteiger partial charge >= 0.3 is 0 Å². The molecule has 20 heavy (non-hydrogen) atoms. The first-order valence-corrected chi connectivity index (χ1v) is 5.60. The molecule has 6 heteroatoms. The van der Waals surface area contributed by atoms with E-state index < -0.39 is 34.9 Å². The average molecular weight is 283 g/mol. The predicted molar refractivity (Wildman–Crippen MR) is 65.4 cm³/mol. The summed E-state index contributed by atoms with van der Waals surface area (Å²) in [6, 6.07) is 4.54. The third-order valence-corrected chi connectivity index (χ3v) is 2.69. The number of nitrogens with one attached hydrogen (secondary N) is 1. The third kappa shape index (κ3) is 2.79. The molecule has 0 aliphatic heterocycles. The molecule has 0 saturated heterocycles. The first-order valence-electron chi connectivity index (χ1n) is 5.60. The summed E-state index contributed by atoms with van der Waals surface area (Å²) in [4.78, 5) is 11.8. The van der Waals surface area contributed by atoms with Crippen molar-refractivity contribution in [3.8, 4) is 0 Å². The maximum Gasteiger partial charge on any atom is 0.255 e. The molecule has 0 aliphatic carbocycles. The third-order valence-electron chi connectivity index (χ3n) is 2.69.